The first-order valence-electron chi connectivity index (χ1n) is 7.59. The monoisotopic (exact) mass is 384 g/mol. The number of hydrogen-bond acceptors (Lipinski definition) is 5. The summed E-state index contributed by atoms with van der Waals surface area (Å²) in [7, 11) is 1.46. The molecule has 0 saturated carbocycles. The van der Waals surface area contributed by atoms with Crippen LogP contribution in [0.3, 0.4) is 0 Å². The number of halogens is 3. The Kier molecular flexibility index (Phi) is 5.58. The number of nitrogens with zero attached hydrogens (tertiary/aromatic N) is 2. The summed E-state index contributed by atoms with van der Waals surface area (Å²) in [4.78, 5) is 22.5. The lowest BCUT2D eigenvalue weighted by atomic mass is 10.1. The number of rotatable bonds is 6. The van der Waals surface area contributed by atoms with Crippen LogP contribution in [0.25, 0.3) is 0 Å². The molecular weight excluding hydrogens is 369 g/mol. The minimum absolute atomic E-state index is 0.0272. The fraction of sp³-hybridized carbons (Fsp3) is 0.235. The molecule has 0 aliphatic heterocycles. The van der Waals surface area contributed by atoms with E-state index in [1.165, 1.54) is 43.1 Å². The van der Waals surface area contributed by atoms with E-state index < -0.39 is 34.4 Å². The largest absolute Gasteiger partial charge is 0.479 e. The molecule has 144 valence electrons. The van der Waals surface area contributed by atoms with Crippen LogP contribution in [0.15, 0.2) is 42.5 Å². The Morgan fingerprint density at radius 3 is 2.30 bits per heavy atom. The molecule has 0 heterocycles. The van der Waals surface area contributed by atoms with Crippen LogP contribution in [0.1, 0.15) is 12.5 Å². The molecule has 0 radical (unpaired) electrons. The molecular formula is C17H15F3N2O5. The van der Waals surface area contributed by atoms with Gasteiger partial charge in [0.25, 0.3) is 5.69 Å². The third kappa shape index (κ3) is 4.66. The highest BCUT2D eigenvalue weighted by Gasteiger charge is 2.33. The average molecular weight is 384 g/mol. The molecule has 0 fully saturated rings. The van der Waals surface area contributed by atoms with Crippen LogP contribution in [-0.4, -0.2) is 29.2 Å². The zero-order valence-electron chi connectivity index (χ0n) is 14.2. The summed E-state index contributed by atoms with van der Waals surface area (Å²) in [6.07, 6.45) is -5.76. The first kappa shape index (κ1) is 20.0. The van der Waals surface area contributed by atoms with Gasteiger partial charge in [0, 0.05) is 18.8 Å². The number of benzene rings is 2. The number of anilines is 2. The molecule has 0 spiro atoms. The summed E-state index contributed by atoms with van der Waals surface area (Å²) < 4.78 is 43.6. The van der Waals surface area contributed by atoms with E-state index in [1.54, 1.807) is 0 Å². The summed E-state index contributed by atoms with van der Waals surface area (Å²) in [5.74, 6) is -0.874. The van der Waals surface area contributed by atoms with Crippen molar-refractivity contribution in [1.29, 1.82) is 0 Å². The lowest BCUT2D eigenvalue weighted by Gasteiger charge is -2.20. The number of ether oxygens (including phenoxy) is 1. The van der Waals surface area contributed by atoms with E-state index in [1.807, 2.05) is 0 Å². The average Bonchev–Trinajstić information content (AvgIpc) is 2.60. The van der Waals surface area contributed by atoms with Gasteiger partial charge in [-0.25, -0.2) is 4.79 Å². The van der Waals surface area contributed by atoms with E-state index in [2.05, 4.69) is 0 Å². The van der Waals surface area contributed by atoms with Crippen molar-refractivity contribution < 1.29 is 32.7 Å². The van der Waals surface area contributed by atoms with Gasteiger partial charge in [0.05, 0.1) is 10.5 Å². The minimum Gasteiger partial charge on any atom is -0.479 e. The van der Waals surface area contributed by atoms with Crippen LogP contribution in [0.2, 0.25) is 0 Å². The van der Waals surface area contributed by atoms with Crippen LogP contribution < -0.4 is 9.64 Å². The summed E-state index contributed by atoms with van der Waals surface area (Å²) in [6.45, 7) is 1.36. The van der Waals surface area contributed by atoms with Gasteiger partial charge in [0.2, 0.25) is 0 Å². The molecule has 10 heteroatoms. The molecule has 27 heavy (non-hydrogen) atoms. The lowest BCUT2D eigenvalue weighted by Crippen LogP contribution is -2.22. The Bertz CT molecular complexity index is 853. The lowest BCUT2D eigenvalue weighted by molar-refractivity contribution is -0.384. The minimum atomic E-state index is -4.69. The number of carboxylic acids is 1. The van der Waals surface area contributed by atoms with Gasteiger partial charge >= 0.3 is 12.1 Å². The van der Waals surface area contributed by atoms with Crippen LogP contribution in [0.5, 0.6) is 5.75 Å². The molecule has 0 saturated heterocycles. The molecule has 1 N–H and O–H groups in total. The van der Waals surface area contributed by atoms with Crippen molar-refractivity contribution in [3.05, 3.63) is 58.1 Å². The number of carboxylic acid groups (broad SMARTS) is 1. The summed E-state index contributed by atoms with van der Waals surface area (Å²) in [6, 6.07) is 8.21. The predicted molar refractivity (Wildman–Crippen MR) is 90.3 cm³/mol. The Hall–Kier alpha value is -3.30. The van der Waals surface area contributed by atoms with Crippen LogP contribution >= 0.6 is 0 Å². The fourth-order valence-corrected chi connectivity index (χ4v) is 2.27. The zero-order chi connectivity index (χ0) is 20.4. The molecule has 0 aliphatic carbocycles. The van der Waals surface area contributed by atoms with E-state index in [0.29, 0.717) is 11.8 Å². The van der Waals surface area contributed by atoms with E-state index in [4.69, 9.17) is 9.84 Å². The molecule has 2 aromatic carbocycles. The number of carbonyl (C=O) groups is 1. The van der Waals surface area contributed by atoms with Crippen molar-refractivity contribution in [2.24, 2.45) is 0 Å². The normalized spacial score (nSPS) is 12.3. The molecule has 0 aliphatic rings. The molecule has 1 atom stereocenters. The van der Waals surface area contributed by atoms with Crippen LogP contribution in [0.4, 0.5) is 30.2 Å². The Morgan fingerprint density at radius 1 is 1.22 bits per heavy atom. The maximum absolute atomic E-state index is 12.8. The summed E-state index contributed by atoms with van der Waals surface area (Å²) in [5, 5.41) is 20.0. The Labute approximate surface area is 151 Å². The van der Waals surface area contributed by atoms with E-state index in [-0.39, 0.29) is 11.4 Å². The van der Waals surface area contributed by atoms with Crippen molar-refractivity contribution >= 4 is 23.0 Å². The number of nitro benzene ring substituents is 1. The second-order valence-electron chi connectivity index (χ2n) is 5.61. The van der Waals surface area contributed by atoms with Gasteiger partial charge in [-0.05, 0) is 43.3 Å². The van der Waals surface area contributed by atoms with Crippen molar-refractivity contribution in [2.75, 3.05) is 11.9 Å². The summed E-state index contributed by atoms with van der Waals surface area (Å²) in [5.41, 5.74) is -1.39. The van der Waals surface area contributed by atoms with Gasteiger partial charge in [0.15, 0.2) is 6.10 Å². The molecule has 2 rings (SSSR count). The Morgan fingerprint density at radius 2 is 1.81 bits per heavy atom. The first-order valence-corrected chi connectivity index (χ1v) is 7.59. The second kappa shape index (κ2) is 7.52. The first-order chi connectivity index (χ1) is 12.5. The number of nitro groups is 1. The fourth-order valence-electron chi connectivity index (χ4n) is 2.27. The SMILES string of the molecule is CC(Oc1ccc(N(C)c2ccc(C(F)(F)F)cc2[N+](=O)[O-])cc1)C(=O)O. The molecule has 7 nitrogen and oxygen atoms in total. The molecule has 0 aromatic heterocycles. The highest BCUT2D eigenvalue weighted by molar-refractivity contribution is 5.73. The van der Waals surface area contributed by atoms with Gasteiger partial charge in [0.1, 0.15) is 11.4 Å². The standard InChI is InChI=1S/C17H15F3N2O5/c1-10(16(23)24)27-13-6-4-12(5-7-13)21(2)14-8-3-11(17(18,19)20)9-15(14)22(25)26/h3-10H,1-2H3,(H,23,24). The molecule has 0 amide bonds. The molecule has 0 bridgehead atoms. The highest BCUT2D eigenvalue weighted by atomic mass is 19.4. The smallest absolute Gasteiger partial charge is 0.416 e. The number of aliphatic carboxylic acids is 1. The van der Waals surface area contributed by atoms with Crippen molar-refractivity contribution in [3.63, 3.8) is 0 Å². The van der Waals surface area contributed by atoms with Crippen molar-refractivity contribution in [3.8, 4) is 5.75 Å². The Balaban J connectivity index is 2.33. The number of alkyl halides is 3. The maximum atomic E-state index is 12.8. The van der Waals surface area contributed by atoms with Crippen molar-refractivity contribution in [1.82, 2.24) is 0 Å². The topological polar surface area (TPSA) is 92.9 Å². The third-order valence-electron chi connectivity index (χ3n) is 3.75. The number of hydrogen-bond donors (Lipinski definition) is 1. The van der Waals surface area contributed by atoms with Crippen molar-refractivity contribution in [2.45, 2.75) is 19.2 Å². The second-order valence-corrected chi connectivity index (χ2v) is 5.61. The summed E-state index contributed by atoms with van der Waals surface area (Å²) >= 11 is 0. The third-order valence-corrected chi connectivity index (χ3v) is 3.75. The van der Waals surface area contributed by atoms with Crippen LogP contribution in [0, 0.1) is 10.1 Å². The van der Waals surface area contributed by atoms with E-state index in [9.17, 15) is 28.1 Å². The highest BCUT2D eigenvalue weighted by Crippen LogP contribution is 2.38. The van der Waals surface area contributed by atoms with Gasteiger partial charge in [-0.3, -0.25) is 10.1 Å². The van der Waals surface area contributed by atoms with E-state index >= 15 is 0 Å². The van der Waals surface area contributed by atoms with Gasteiger partial charge in [-0.1, -0.05) is 0 Å². The molecule has 1 unspecified atom stereocenters. The quantitative estimate of drug-likeness (QED) is 0.592. The van der Waals surface area contributed by atoms with Gasteiger partial charge in [-0.15, -0.1) is 0 Å². The van der Waals surface area contributed by atoms with Crippen LogP contribution in [-0.2, 0) is 11.0 Å². The zero-order valence-corrected chi connectivity index (χ0v) is 14.2. The van der Waals surface area contributed by atoms with Gasteiger partial charge in [-0.2, -0.15) is 13.2 Å². The maximum Gasteiger partial charge on any atom is 0.416 e. The predicted octanol–water partition coefficient (Wildman–Crippen LogP) is 4.23. The van der Waals surface area contributed by atoms with Gasteiger partial charge < -0.3 is 14.7 Å². The van der Waals surface area contributed by atoms with E-state index in [0.717, 1.165) is 12.1 Å². The molecule has 2 aromatic rings.